The van der Waals surface area contributed by atoms with Gasteiger partial charge in [0.25, 0.3) is 0 Å². The van der Waals surface area contributed by atoms with Gasteiger partial charge in [-0.25, -0.2) is 0 Å². The number of unbranched alkanes of at least 4 members (excludes halogenated alkanes) is 20. The Kier molecular flexibility index (Phi) is 35.2. The summed E-state index contributed by atoms with van der Waals surface area (Å²) in [7, 11) is 0. The van der Waals surface area contributed by atoms with Crippen LogP contribution < -0.4 is 0 Å². The Morgan fingerprint density at radius 2 is 1.13 bits per heavy atom. The molecular weight excluding hydrogens is 673 g/mol. The molecule has 54 heavy (non-hydrogen) atoms. The van der Waals surface area contributed by atoms with Crippen LogP contribution in [-0.2, 0) is 23.8 Å². The molecule has 0 aromatic carbocycles. The number of rotatable bonds is 40. The third-order valence-corrected chi connectivity index (χ3v) is 10.9. The zero-order chi connectivity index (χ0) is 39.2. The molecule has 1 saturated heterocycles. The van der Waals surface area contributed by atoms with E-state index in [0.717, 1.165) is 50.9 Å². The lowest BCUT2D eigenvalue weighted by Crippen LogP contribution is -2.28. The first kappa shape index (κ1) is 50.1. The number of hydrogen-bond acceptors (Lipinski definition) is 6. The molecule has 1 N–H and O–H groups in total. The molecule has 4 atom stereocenters. The van der Waals surface area contributed by atoms with Crippen LogP contribution in [0.3, 0.4) is 0 Å². The zero-order valence-corrected chi connectivity index (χ0v) is 35.6. The predicted octanol–water partition coefficient (Wildman–Crippen LogP) is 13.6. The molecule has 1 rings (SSSR count). The number of ether oxygens (including phenoxy) is 3. The highest BCUT2D eigenvalue weighted by atomic mass is 16.6. The second-order valence-electron chi connectivity index (χ2n) is 16.1. The van der Waals surface area contributed by atoms with Gasteiger partial charge in [0.2, 0.25) is 0 Å². The summed E-state index contributed by atoms with van der Waals surface area (Å²) in [5.74, 6) is 0.252. The van der Waals surface area contributed by atoms with Gasteiger partial charge >= 0.3 is 11.9 Å². The summed E-state index contributed by atoms with van der Waals surface area (Å²) in [6, 6.07) is 0. The van der Waals surface area contributed by atoms with Crippen molar-refractivity contribution < 1.29 is 28.9 Å². The van der Waals surface area contributed by atoms with Crippen molar-refractivity contribution in [2.45, 2.75) is 238 Å². The highest BCUT2D eigenvalue weighted by molar-refractivity contribution is 5.70. The smallest absolute Gasteiger partial charge is 0.306 e. The van der Waals surface area contributed by atoms with E-state index >= 15 is 0 Å². The van der Waals surface area contributed by atoms with Gasteiger partial charge in [0, 0.05) is 12.8 Å². The van der Waals surface area contributed by atoms with E-state index in [1.165, 1.54) is 135 Å². The van der Waals surface area contributed by atoms with E-state index in [9.17, 15) is 14.7 Å². The molecule has 0 saturated carbocycles. The molecule has 1 aliphatic rings. The first-order chi connectivity index (χ1) is 26.5. The third kappa shape index (κ3) is 33.4. The van der Waals surface area contributed by atoms with Crippen LogP contribution in [0.1, 0.15) is 220 Å². The maximum Gasteiger partial charge on any atom is 0.306 e. The molecule has 0 aliphatic carbocycles. The first-order valence-corrected chi connectivity index (χ1v) is 23.1. The standard InChI is InChI=1S/C48H86O6/c1-4-6-7-8-9-10-11-21-24-27-30-33-37-45-46(54-45)38-35-40-48(51)53-44(41-49)42-52-47(50)39-34-31-28-25-22-19-17-15-13-12-14-16-18-20-23-26-29-32-36-43(3)5-2/h9-10,21,24,30,33,43-46,49H,4-8,11-20,22-23,25-29,31-32,34-42H2,1-3H3/b10-9-,24-21-,33-30-/t43?,44-,45?,46?/m0/s1. The van der Waals surface area contributed by atoms with Crippen LogP contribution in [0, 0.1) is 5.92 Å². The number of hydrogen-bond donors (Lipinski definition) is 1. The summed E-state index contributed by atoms with van der Waals surface area (Å²) in [5.41, 5.74) is 0. The second kappa shape index (κ2) is 38.0. The van der Waals surface area contributed by atoms with Gasteiger partial charge in [-0.3, -0.25) is 9.59 Å². The van der Waals surface area contributed by atoms with Gasteiger partial charge in [0.15, 0.2) is 6.10 Å². The number of allylic oxidation sites excluding steroid dienone is 5. The van der Waals surface area contributed by atoms with Crippen LogP contribution in [0.2, 0.25) is 0 Å². The van der Waals surface area contributed by atoms with Crippen LogP contribution in [0.15, 0.2) is 36.5 Å². The Balaban J connectivity index is 1.88. The van der Waals surface area contributed by atoms with Crippen LogP contribution in [0.25, 0.3) is 0 Å². The summed E-state index contributed by atoms with van der Waals surface area (Å²) in [6.45, 7) is 6.47. The summed E-state index contributed by atoms with van der Waals surface area (Å²) >= 11 is 0. The van der Waals surface area contributed by atoms with Crippen LogP contribution in [0.5, 0.6) is 0 Å². The van der Waals surface area contributed by atoms with Gasteiger partial charge in [0.1, 0.15) is 6.61 Å². The van der Waals surface area contributed by atoms with Crippen molar-refractivity contribution in [1.29, 1.82) is 0 Å². The summed E-state index contributed by atoms with van der Waals surface area (Å²) in [6.07, 6.45) is 49.5. The van der Waals surface area contributed by atoms with Gasteiger partial charge in [-0.05, 0) is 57.3 Å². The summed E-state index contributed by atoms with van der Waals surface area (Å²) < 4.78 is 16.4. The minimum absolute atomic E-state index is 0.0924. The van der Waals surface area contributed by atoms with E-state index in [0.29, 0.717) is 12.8 Å². The first-order valence-electron chi connectivity index (χ1n) is 23.1. The molecule has 0 spiro atoms. The number of esters is 2. The van der Waals surface area contributed by atoms with Crippen molar-refractivity contribution in [3.8, 4) is 0 Å². The van der Waals surface area contributed by atoms with Gasteiger partial charge in [0.05, 0.1) is 18.8 Å². The molecule has 1 heterocycles. The van der Waals surface area contributed by atoms with E-state index in [4.69, 9.17) is 14.2 Å². The number of carbonyl (C=O) groups excluding carboxylic acids is 2. The molecule has 0 aromatic rings. The number of aliphatic hydroxyl groups is 1. The monoisotopic (exact) mass is 759 g/mol. The normalized spacial score (nSPS) is 16.8. The fourth-order valence-electron chi connectivity index (χ4n) is 6.91. The highest BCUT2D eigenvalue weighted by Crippen LogP contribution is 2.30. The molecule has 314 valence electrons. The van der Waals surface area contributed by atoms with Crippen molar-refractivity contribution in [3.05, 3.63) is 36.5 Å². The largest absolute Gasteiger partial charge is 0.462 e. The average molecular weight is 759 g/mol. The number of aliphatic hydroxyl groups excluding tert-OH is 1. The lowest BCUT2D eigenvalue weighted by molar-refractivity contribution is -0.161. The molecule has 1 aliphatic heterocycles. The van der Waals surface area contributed by atoms with Crippen molar-refractivity contribution in [2.24, 2.45) is 5.92 Å². The molecule has 6 heteroatoms. The minimum Gasteiger partial charge on any atom is -0.462 e. The third-order valence-electron chi connectivity index (χ3n) is 10.9. The van der Waals surface area contributed by atoms with E-state index in [1.807, 2.05) is 0 Å². The maximum absolute atomic E-state index is 12.3. The van der Waals surface area contributed by atoms with E-state index in [-0.39, 0.29) is 43.8 Å². The maximum atomic E-state index is 12.3. The lowest BCUT2D eigenvalue weighted by Gasteiger charge is -2.15. The van der Waals surface area contributed by atoms with Gasteiger partial charge in [-0.15, -0.1) is 0 Å². The Bertz CT molecular complexity index is 941. The molecule has 1 fully saturated rings. The van der Waals surface area contributed by atoms with Crippen LogP contribution in [-0.4, -0.2) is 48.6 Å². The molecule has 0 bridgehead atoms. The SMILES string of the molecule is CCCCC/C=C\C/C=C\C/C=C\CC1OC1CCCC(=O)O[C@@H](CO)COC(=O)CCCCCCCCCCCCCCCCCCCCC(C)CC. The van der Waals surface area contributed by atoms with Crippen molar-refractivity contribution in [2.75, 3.05) is 13.2 Å². The molecule has 0 aromatic heterocycles. The van der Waals surface area contributed by atoms with E-state index in [2.05, 4.69) is 57.2 Å². The Hall–Kier alpha value is -1.92. The van der Waals surface area contributed by atoms with Crippen LogP contribution >= 0.6 is 0 Å². The predicted molar refractivity (Wildman–Crippen MR) is 228 cm³/mol. The highest BCUT2D eigenvalue weighted by Gasteiger charge is 2.36. The zero-order valence-electron chi connectivity index (χ0n) is 35.6. The fraction of sp³-hybridized carbons (Fsp3) is 0.833. The van der Waals surface area contributed by atoms with Gasteiger partial charge in [-0.2, -0.15) is 0 Å². The fourth-order valence-corrected chi connectivity index (χ4v) is 6.91. The van der Waals surface area contributed by atoms with Crippen molar-refractivity contribution in [1.82, 2.24) is 0 Å². The summed E-state index contributed by atoms with van der Waals surface area (Å²) in [4.78, 5) is 24.5. The van der Waals surface area contributed by atoms with Crippen molar-refractivity contribution in [3.63, 3.8) is 0 Å². The molecule has 0 radical (unpaired) electrons. The number of carbonyl (C=O) groups is 2. The Morgan fingerprint density at radius 3 is 1.69 bits per heavy atom. The van der Waals surface area contributed by atoms with Gasteiger partial charge < -0.3 is 19.3 Å². The molecule has 0 amide bonds. The second-order valence-corrected chi connectivity index (χ2v) is 16.1. The van der Waals surface area contributed by atoms with E-state index in [1.54, 1.807) is 0 Å². The van der Waals surface area contributed by atoms with E-state index < -0.39 is 6.10 Å². The van der Waals surface area contributed by atoms with Crippen molar-refractivity contribution >= 4 is 11.9 Å². The summed E-state index contributed by atoms with van der Waals surface area (Å²) in [5, 5.41) is 9.62. The molecular formula is C48H86O6. The molecule has 3 unspecified atom stereocenters. The lowest BCUT2D eigenvalue weighted by atomic mass is 9.99. The molecule has 6 nitrogen and oxygen atoms in total. The van der Waals surface area contributed by atoms with Crippen LogP contribution in [0.4, 0.5) is 0 Å². The quantitative estimate of drug-likeness (QED) is 0.0290. The Labute approximate surface area is 333 Å². The average Bonchev–Trinajstić information content (AvgIpc) is 3.93. The van der Waals surface area contributed by atoms with Gasteiger partial charge in [-0.1, -0.05) is 192 Å². The Morgan fingerprint density at radius 1 is 0.611 bits per heavy atom. The number of epoxide rings is 1. The topological polar surface area (TPSA) is 85.4 Å². The minimum atomic E-state index is -0.809.